The molecule has 82 valence electrons. The number of carbonyl (C=O) groups is 1. The third kappa shape index (κ3) is 3.90. The highest BCUT2D eigenvalue weighted by atomic mass is 32.2. The molecule has 0 fully saturated rings. The minimum Gasteiger partial charge on any atom is -0.480 e. The molecule has 0 aromatic carbocycles. The Kier molecular flexibility index (Phi) is 3.20. The number of sulfonamides is 1. The van der Waals surface area contributed by atoms with E-state index in [1.165, 1.54) is 0 Å². The van der Waals surface area contributed by atoms with Crippen molar-refractivity contribution < 1.29 is 22.7 Å². The van der Waals surface area contributed by atoms with Crippen LogP contribution in [0.3, 0.4) is 0 Å². The van der Waals surface area contributed by atoms with Crippen LogP contribution in [0.4, 0.5) is 10.1 Å². The molecule has 0 bridgehead atoms. The Balaban J connectivity index is 2.78. The first-order chi connectivity index (χ1) is 6.89. The summed E-state index contributed by atoms with van der Waals surface area (Å²) in [4.78, 5) is 13.4. The molecule has 1 aromatic rings. The normalized spacial score (nSPS) is 11.0. The number of anilines is 1. The second-order valence-corrected chi connectivity index (χ2v) is 4.35. The molecule has 2 N–H and O–H groups in total. The number of hydrogen-bond donors (Lipinski definition) is 2. The van der Waals surface area contributed by atoms with E-state index in [0.29, 0.717) is 0 Å². The number of aromatic nitrogens is 1. The summed E-state index contributed by atoms with van der Waals surface area (Å²) in [5.74, 6) is -3.28. The van der Waals surface area contributed by atoms with Crippen LogP contribution in [0.5, 0.6) is 0 Å². The van der Waals surface area contributed by atoms with Crippen molar-refractivity contribution in [2.75, 3.05) is 10.5 Å². The van der Waals surface area contributed by atoms with Crippen molar-refractivity contribution in [1.29, 1.82) is 0 Å². The molecule has 0 aliphatic rings. The van der Waals surface area contributed by atoms with E-state index in [4.69, 9.17) is 5.11 Å². The molecule has 0 atom stereocenters. The van der Waals surface area contributed by atoms with Gasteiger partial charge in [-0.1, -0.05) is 0 Å². The number of halogens is 1. The molecule has 0 unspecified atom stereocenters. The van der Waals surface area contributed by atoms with E-state index in [0.717, 1.165) is 18.3 Å². The number of hydrogen-bond acceptors (Lipinski definition) is 4. The van der Waals surface area contributed by atoms with Crippen LogP contribution in [0.2, 0.25) is 0 Å². The van der Waals surface area contributed by atoms with Gasteiger partial charge in [0.1, 0.15) is 0 Å². The van der Waals surface area contributed by atoms with Crippen molar-refractivity contribution in [3.05, 3.63) is 24.3 Å². The number of nitrogens with zero attached hydrogens (tertiary/aromatic N) is 1. The third-order valence-corrected chi connectivity index (χ3v) is 2.49. The fourth-order valence-electron chi connectivity index (χ4n) is 0.814. The average Bonchev–Trinajstić information content (AvgIpc) is 2.06. The van der Waals surface area contributed by atoms with Crippen molar-refractivity contribution in [2.24, 2.45) is 0 Å². The predicted molar refractivity (Wildman–Crippen MR) is 49.2 cm³/mol. The Labute approximate surface area is 84.8 Å². The van der Waals surface area contributed by atoms with Gasteiger partial charge in [-0.3, -0.25) is 9.52 Å². The Bertz CT molecular complexity index is 456. The van der Waals surface area contributed by atoms with E-state index >= 15 is 0 Å². The maximum atomic E-state index is 12.3. The molecule has 0 amide bonds. The van der Waals surface area contributed by atoms with Gasteiger partial charge in [0, 0.05) is 0 Å². The minimum absolute atomic E-state index is 0.0117. The van der Waals surface area contributed by atoms with Gasteiger partial charge < -0.3 is 5.11 Å². The van der Waals surface area contributed by atoms with Gasteiger partial charge in [-0.25, -0.2) is 13.4 Å². The van der Waals surface area contributed by atoms with Crippen molar-refractivity contribution in [3.63, 3.8) is 0 Å². The third-order valence-electron chi connectivity index (χ3n) is 1.31. The first-order valence-electron chi connectivity index (χ1n) is 3.73. The Morgan fingerprint density at radius 2 is 2.20 bits per heavy atom. The smallest absolute Gasteiger partial charge is 0.320 e. The van der Waals surface area contributed by atoms with Gasteiger partial charge in [0.05, 0.1) is 11.9 Å². The highest BCUT2D eigenvalue weighted by molar-refractivity contribution is 7.93. The van der Waals surface area contributed by atoms with Gasteiger partial charge in [0.25, 0.3) is 0 Å². The molecule has 1 heterocycles. The number of aliphatic carboxylic acids is 1. The van der Waals surface area contributed by atoms with Crippen molar-refractivity contribution in [3.8, 4) is 0 Å². The number of rotatable bonds is 4. The molecule has 0 spiro atoms. The molecule has 15 heavy (non-hydrogen) atoms. The van der Waals surface area contributed by atoms with E-state index in [1.54, 1.807) is 0 Å². The molecule has 0 saturated heterocycles. The number of carboxylic acids is 1. The maximum absolute atomic E-state index is 12.3. The van der Waals surface area contributed by atoms with Crippen LogP contribution in [-0.2, 0) is 14.8 Å². The zero-order valence-corrected chi connectivity index (χ0v) is 8.16. The van der Waals surface area contributed by atoms with Crippen LogP contribution in [0, 0.1) is 5.95 Å². The Hall–Kier alpha value is -1.70. The summed E-state index contributed by atoms with van der Waals surface area (Å²) in [7, 11) is -3.96. The Morgan fingerprint density at radius 3 is 2.67 bits per heavy atom. The van der Waals surface area contributed by atoms with Crippen LogP contribution in [0.15, 0.2) is 18.3 Å². The SMILES string of the molecule is O=C(O)CS(=O)(=O)Nc1ccc(F)nc1. The van der Waals surface area contributed by atoms with Crippen molar-refractivity contribution in [2.45, 2.75) is 0 Å². The quantitative estimate of drug-likeness (QED) is 0.717. The molecular weight excluding hydrogens is 227 g/mol. The molecule has 0 aliphatic heterocycles. The van der Waals surface area contributed by atoms with E-state index in [2.05, 4.69) is 4.98 Å². The van der Waals surface area contributed by atoms with Crippen LogP contribution in [0.25, 0.3) is 0 Å². The lowest BCUT2D eigenvalue weighted by molar-refractivity contribution is -0.134. The van der Waals surface area contributed by atoms with Crippen LogP contribution < -0.4 is 4.72 Å². The molecule has 0 radical (unpaired) electrons. The first-order valence-corrected chi connectivity index (χ1v) is 5.38. The van der Waals surface area contributed by atoms with Gasteiger partial charge in [-0.2, -0.15) is 4.39 Å². The zero-order valence-electron chi connectivity index (χ0n) is 7.34. The first kappa shape index (κ1) is 11.4. The highest BCUT2D eigenvalue weighted by Crippen LogP contribution is 2.07. The lowest BCUT2D eigenvalue weighted by atomic mass is 10.4. The van der Waals surface area contributed by atoms with Gasteiger partial charge in [0.2, 0.25) is 16.0 Å². The predicted octanol–water partition coefficient (Wildman–Crippen LogP) is 0.0470. The largest absolute Gasteiger partial charge is 0.480 e. The summed E-state index contributed by atoms with van der Waals surface area (Å²) in [6, 6.07) is 2.10. The Morgan fingerprint density at radius 1 is 1.53 bits per heavy atom. The van der Waals surface area contributed by atoms with Crippen LogP contribution in [-0.4, -0.2) is 30.2 Å². The fourth-order valence-corrected chi connectivity index (χ4v) is 1.69. The van der Waals surface area contributed by atoms with Gasteiger partial charge >= 0.3 is 5.97 Å². The standard InChI is InChI=1S/C7H7FN2O4S/c8-6-2-1-5(3-9-6)10-15(13,14)4-7(11)12/h1-3,10H,4H2,(H,11,12). The monoisotopic (exact) mass is 234 g/mol. The number of carboxylic acid groups (broad SMARTS) is 1. The van der Waals surface area contributed by atoms with E-state index in [9.17, 15) is 17.6 Å². The summed E-state index contributed by atoms with van der Waals surface area (Å²) in [6.45, 7) is 0. The van der Waals surface area contributed by atoms with Crippen LogP contribution >= 0.6 is 0 Å². The number of nitrogens with one attached hydrogen (secondary N) is 1. The maximum Gasteiger partial charge on any atom is 0.320 e. The lowest BCUT2D eigenvalue weighted by Gasteiger charge is -2.04. The molecule has 8 heteroatoms. The summed E-state index contributed by atoms with van der Waals surface area (Å²) in [5.41, 5.74) is 0.0117. The minimum atomic E-state index is -3.96. The van der Waals surface area contributed by atoms with E-state index in [-0.39, 0.29) is 5.69 Å². The molecule has 1 rings (SSSR count). The average molecular weight is 234 g/mol. The van der Waals surface area contributed by atoms with E-state index in [1.807, 2.05) is 4.72 Å². The summed E-state index contributed by atoms with van der Waals surface area (Å²) in [6.07, 6.45) is 0.953. The van der Waals surface area contributed by atoms with Gasteiger partial charge in [-0.05, 0) is 12.1 Å². The second kappa shape index (κ2) is 4.22. The summed E-state index contributed by atoms with van der Waals surface area (Å²) < 4.78 is 36.4. The number of pyridine rings is 1. The van der Waals surface area contributed by atoms with Crippen molar-refractivity contribution >= 4 is 21.7 Å². The fraction of sp³-hybridized carbons (Fsp3) is 0.143. The molecule has 6 nitrogen and oxygen atoms in total. The highest BCUT2D eigenvalue weighted by Gasteiger charge is 2.15. The lowest BCUT2D eigenvalue weighted by Crippen LogP contribution is -2.22. The molecular formula is C7H7FN2O4S. The summed E-state index contributed by atoms with van der Waals surface area (Å²) >= 11 is 0. The zero-order chi connectivity index (χ0) is 11.5. The van der Waals surface area contributed by atoms with Gasteiger partial charge in [0.15, 0.2) is 5.75 Å². The molecule has 0 saturated carbocycles. The molecule has 1 aromatic heterocycles. The van der Waals surface area contributed by atoms with Crippen molar-refractivity contribution in [1.82, 2.24) is 4.98 Å². The molecule has 0 aliphatic carbocycles. The van der Waals surface area contributed by atoms with E-state index < -0.39 is 27.7 Å². The second-order valence-electron chi connectivity index (χ2n) is 2.62. The van der Waals surface area contributed by atoms with Crippen LogP contribution in [0.1, 0.15) is 0 Å². The summed E-state index contributed by atoms with van der Waals surface area (Å²) in [5, 5.41) is 8.28. The topological polar surface area (TPSA) is 96.4 Å². The van der Waals surface area contributed by atoms with Gasteiger partial charge in [-0.15, -0.1) is 0 Å².